The van der Waals surface area contributed by atoms with Gasteiger partial charge in [0.25, 0.3) is 0 Å². The number of benzene rings is 2. The van der Waals surface area contributed by atoms with Crippen LogP contribution in [0, 0.1) is 0 Å². The second-order valence-electron chi connectivity index (χ2n) is 12.8. The van der Waals surface area contributed by atoms with Crippen molar-refractivity contribution in [2.75, 3.05) is 44.3 Å². The summed E-state index contributed by atoms with van der Waals surface area (Å²) in [6.45, 7) is 12.5. The van der Waals surface area contributed by atoms with E-state index in [2.05, 4.69) is 15.5 Å². The Balaban J connectivity index is 1.42. The second-order valence-corrected chi connectivity index (χ2v) is 12.8. The maximum Gasteiger partial charge on any atom is 0.408 e. The SMILES string of the molecule is CC(C)(C)OC(=O)N[C@@H](Cc1ccc(N2CCN(C3COC3)CC2=O)cc1)C(=O)NCC(C)(C)c1ccc(C(=O)O)cc1. The Morgan fingerprint density at radius 2 is 1.65 bits per heavy atom. The Morgan fingerprint density at radius 3 is 2.19 bits per heavy atom. The van der Waals surface area contributed by atoms with Crippen molar-refractivity contribution in [2.24, 2.45) is 0 Å². The molecule has 43 heavy (non-hydrogen) atoms. The van der Waals surface area contributed by atoms with E-state index in [-0.39, 0.29) is 30.3 Å². The van der Waals surface area contributed by atoms with E-state index >= 15 is 0 Å². The minimum atomic E-state index is -1.00. The lowest BCUT2D eigenvalue weighted by Crippen LogP contribution is -2.58. The first-order valence-corrected chi connectivity index (χ1v) is 14.5. The molecule has 232 valence electrons. The van der Waals surface area contributed by atoms with E-state index in [1.807, 2.05) is 38.1 Å². The molecule has 0 bridgehead atoms. The van der Waals surface area contributed by atoms with Crippen molar-refractivity contribution in [3.8, 4) is 0 Å². The molecule has 3 amide bonds. The number of anilines is 1. The minimum absolute atomic E-state index is 0.0370. The van der Waals surface area contributed by atoms with Gasteiger partial charge in [-0.15, -0.1) is 0 Å². The molecule has 0 aromatic heterocycles. The number of carbonyl (C=O) groups is 4. The Bertz CT molecular complexity index is 1310. The van der Waals surface area contributed by atoms with Crippen LogP contribution >= 0.6 is 0 Å². The average Bonchev–Trinajstić information content (AvgIpc) is 2.90. The largest absolute Gasteiger partial charge is 0.478 e. The van der Waals surface area contributed by atoms with E-state index in [1.54, 1.807) is 37.8 Å². The number of carboxylic acids is 1. The number of amides is 3. The van der Waals surface area contributed by atoms with Gasteiger partial charge in [0.05, 0.1) is 31.4 Å². The zero-order valence-corrected chi connectivity index (χ0v) is 25.5. The fourth-order valence-electron chi connectivity index (χ4n) is 5.01. The first-order valence-electron chi connectivity index (χ1n) is 14.5. The summed E-state index contributed by atoms with van der Waals surface area (Å²) in [6, 6.07) is 13.4. The van der Waals surface area contributed by atoms with Crippen molar-refractivity contribution in [1.29, 1.82) is 0 Å². The predicted octanol–water partition coefficient (Wildman–Crippen LogP) is 2.96. The van der Waals surface area contributed by atoms with Gasteiger partial charge in [-0.2, -0.15) is 0 Å². The Labute approximate surface area is 252 Å². The molecule has 2 aromatic carbocycles. The smallest absolute Gasteiger partial charge is 0.408 e. The average molecular weight is 595 g/mol. The lowest BCUT2D eigenvalue weighted by Gasteiger charge is -2.42. The van der Waals surface area contributed by atoms with Crippen LogP contribution < -0.4 is 15.5 Å². The second kappa shape index (κ2) is 13.1. The first kappa shape index (κ1) is 32.0. The van der Waals surface area contributed by atoms with E-state index in [9.17, 15) is 24.3 Å². The fraction of sp³-hybridized carbons (Fsp3) is 0.500. The number of hydrogen-bond donors (Lipinski definition) is 3. The number of nitrogens with one attached hydrogen (secondary N) is 2. The molecule has 1 atom stereocenters. The number of nitrogens with zero attached hydrogens (tertiary/aromatic N) is 2. The molecule has 2 aliphatic heterocycles. The van der Waals surface area contributed by atoms with Crippen LogP contribution in [0.25, 0.3) is 0 Å². The van der Waals surface area contributed by atoms with Crippen LogP contribution in [-0.4, -0.2) is 91.0 Å². The lowest BCUT2D eigenvalue weighted by molar-refractivity contribution is -0.127. The van der Waals surface area contributed by atoms with Crippen molar-refractivity contribution in [3.63, 3.8) is 0 Å². The van der Waals surface area contributed by atoms with E-state index < -0.39 is 29.1 Å². The molecule has 0 aliphatic carbocycles. The highest BCUT2D eigenvalue weighted by atomic mass is 16.6. The molecule has 3 N–H and O–H groups in total. The quantitative estimate of drug-likeness (QED) is 0.382. The summed E-state index contributed by atoms with van der Waals surface area (Å²) in [7, 11) is 0. The van der Waals surface area contributed by atoms with Gasteiger partial charge in [-0.05, 0) is 56.2 Å². The molecule has 11 nitrogen and oxygen atoms in total. The maximum absolute atomic E-state index is 13.4. The Morgan fingerprint density at radius 1 is 1.00 bits per heavy atom. The number of carboxylic acid groups (broad SMARTS) is 1. The summed E-state index contributed by atoms with van der Waals surface area (Å²) in [5.41, 5.74) is 1.40. The summed E-state index contributed by atoms with van der Waals surface area (Å²) in [6.07, 6.45) is -0.490. The zero-order chi connectivity index (χ0) is 31.4. The lowest BCUT2D eigenvalue weighted by atomic mass is 9.84. The van der Waals surface area contributed by atoms with Gasteiger partial charge in [0.15, 0.2) is 0 Å². The number of hydrogen-bond acceptors (Lipinski definition) is 7. The molecule has 2 fully saturated rings. The monoisotopic (exact) mass is 594 g/mol. The Hall–Kier alpha value is -3.96. The predicted molar refractivity (Wildman–Crippen MR) is 161 cm³/mol. The third kappa shape index (κ3) is 8.55. The van der Waals surface area contributed by atoms with Crippen molar-refractivity contribution < 1.29 is 33.8 Å². The van der Waals surface area contributed by atoms with Crippen LogP contribution in [0.5, 0.6) is 0 Å². The van der Waals surface area contributed by atoms with Crippen molar-refractivity contribution >= 4 is 29.6 Å². The molecule has 0 spiro atoms. The summed E-state index contributed by atoms with van der Waals surface area (Å²) in [5.74, 6) is -1.35. The molecule has 0 saturated carbocycles. The number of rotatable bonds is 10. The van der Waals surface area contributed by atoms with Gasteiger partial charge in [0, 0.05) is 37.2 Å². The molecule has 2 saturated heterocycles. The summed E-state index contributed by atoms with van der Waals surface area (Å²) < 4.78 is 10.7. The summed E-state index contributed by atoms with van der Waals surface area (Å²) >= 11 is 0. The van der Waals surface area contributed by atoms with Gasteiger partial charge in [-0.25, -0.2) is 9.59 Å². The van der Waals surface area contributed by atoms with Gasteiger partial charge in [-0.1, -0.05) is 38.1 Å². The summed E-state index contributed by atoms with van der Waals surface area (Å²) in [4.78, 5) is 54.1. The molecule has 0 unspecified atom stereocenters. The van der Waals surface area contributed by atoms with Crippen LogP contribution in [-0.2, 0) is 30.9 Å². The summed E-state index contributed by atoms with van der Waals surface area (Å²) in [5, 5.41) is 14.8. The van der Waals surface area contributed by atoms with Crippen LogP contribution in [0.2, 0.25) is 0 Å². The van der Waals surface area contributed by atoms with Crippen LogP contribution in [0.15, 0.2) is 48.5 Å². The molecule has 11 heteroatoms. The molecular formula is C32H42N4O7. The van der Waals surface area contributed by atoms with E-state index in [1.165, 1.54) is 12.1 Å². The standard InChI is InChI=1S/C32H42N4O7/c1-31(2,3)43-30(41)34-26(28(38)33-20-32(4,5)23-10-8-22(9-11-23)29(39)40)16-21-6-12-24(13-7-21)36-15-14-35(17-27(36)37)25-18-42-19-25/h6-13,25-26H,14-20H2,1-5H3,(H,33,38)(H,34,41)(H,39,40)/t26-/m0/s1. The zero-order valence-electron chi connectivity index (χ0n) is 25.5. The maximum atomic E-state index is 13.4. The first-order chi connectivity index (χ1) is 20.2. The molecule has 4 rings (SSSR count). The van der Waals surface area contributed by atoms with Crippen LogP contribution in [0.3, 0.4) is 0 Å². The van der Waals surface area contributed by atoms with E-state index in [4.69, 9.17) is 9.47 Å². The van der Waals surface area contributed by atoms with Crippen molar-refractivity contribution in [2.45, 2.75) is 64.1 Å². The number of ether oxygens (including phenoxy) is 2. The van der Waals surface area contributed by atoms with E-state index in [0.29, 0.717) is 32.3 Å². The van der Waals surface area contributed by atoms with Gasteiger partial charge < -0.3 is 30.1 Å². The number of carbonyl (C=O) groups excluding carboxylic acids is 3. The third-order valence-corrected chi connectivity index (χ3v) is 7.70. The van der Waals surface area contributed by atoms with Gasteiger partial charge >= 0.3 is 12.1 Å². The minimum Gasteiger partial charge on any atom is -0.478 e. The number of aromatic carboxylic acids is 1. The van der Waals surface area contributed by atoms with Crippen molar-refractivity contribution in [3.05, 3.63) is 65.2 Å². The van der Waals surface area contributed by atoms with Crippen molar-refractivity contribution in [1.82, 2.24) is 15.5 Å². The highest BCUT2D eigenvalue weighted by molar-refractivity contribution is 5.95. The molecule has 2 aliphatic rings. The number of alkyl carbamates (subject to hydrolysis) is 1. The van der Waals surface area contributed by atoms with Crippen LogP contribution in [0.4, 0.5) is 10.5 Å². The molecular weight excluding hydrogens is 552 g/mol. The Kier molecular flexibility index (Phi) is 9.76. The highest BCUT2D eigenvalue weighted by Crippen LogP contribution is 2.24. The number of piperazine rings is 1. The molecule has 0 radical (unpaired) electrons. The van der Waals surface area contributed by atoms with Gasteiger partial charge in [0.2, 0.25) is 11.8 Å². The van der Waals surface area contributed by atoms with Gasteiger partial charge in [-0.3, -0.25) is 14.5 Å². The third-order valence-electron chi connectivity index (χ3n) is 7.70. The molecule has 2 heterocycles. The molecule has 2 aromatic rings. The normalized spacial score (nSPS) is 17.1. The fourth-order valence-corrected chi connectivity index (χ4v) is 5.01. The van der Waals surface area contributed by atoms with E-state index in [0.717, 1.165) is 23.4 Å². The topological polar surface area (TPSA) is 138 Å². The van der Waals surface area contributed by atoms with Gasteiger partial charge in [0.1, 0.15) is 11.6 Å². The van der Waals surface area contributed by atoms with Crippen LogP contribution in [0.1, 0.15) is 56.1 Å². The highest BCUT2D eigenvalue weighted by Gasteiger charge is 2.33.